The fourth-order valence-corrected chi connectivity index (χ4v) is 8.08. The van der Waals surface area contributed by atoms with Gasteiger partial charge in [0.2, 0.25) is 0 Å². The molecule has 2 bridgehead atoms. The maximum absolute atomic E-state index is 16.6. The molecule has 3 aliphatic heterocycles. The van der Waals surface area contributed by atoms with Crippen LogP contribution in [0.3, 0.4) is 0 Å². The van der Waals surface area contributed by atoms with Crippen molar-refractivity contribution in [2.75, 3.05) is 36.9 Å². The number of alkyl halides is 4. The van der Waals surface area contributed by atoms with Gasteiger partial charge < -0.3 is 21.1 Å². The number of anilines is 2. The number of benzene rings is 1. The molecule has 2 aromatic heterocycles. The van der Waals surface area contributed by atoms with Gasteiger partial charge in [0.15, 0.2) is 5.82 Å². The maximum atomic E-state index is 16.6. The second-order valence-corrected chi connectivity index (χ2v) is 13.0. The molecule has 1 aliphatic carbocycles. The first-order chi connectivity index (χ1) is 20.3. The maximum Gasteiger partial charge on any atom is 0.418 e. The van der Waals surface area contributed by atoms with Crippen molar-refractivity contribution in [3.8, 4) is 17.3 Å². The Kier molecular flexibility index (Phi) is 6.50. The molecule has 0 amide bonds. The fraction of sp³-hybridized carbons (Fsp3) is 0.552. The number of pyridine rings is 1. The van der Waals surface area contributed by atoms with E-state index in [1.54, 1.807) is 0 Å². The molecule has 1 aromatic carbocycles. The second kappa shape index (κ2) is 9.73. The van der Waals surface area contributed by atoms with E-state index in [2.05, 4.69) is 19.9 Å². The van der Waals surface area contributed by atoms with Gasteiger partial charge in [-0.2, -0.15) is 23.1 Å². The largest absolute Gasteiger partial charge is 0.461 e. The molecular weight excluding hydrogens is 593 g/mol. The molecule has 3 aromatic rings. The number of hydrogen-bond donors (Lipinski definition) is 2. The van der Waals surface area contributed by atoms with Gasteiger partial charge in [-0.25, -0.2) is 13.8 Å². The standard InChI is InChI=1S/C29H31ClF5N7O/c1-14-7-19(36)38-24(21(14)29(33,34)35)20-18(30)8-17-23(22(20)32)39-26(40-25(17)42-12-27(37)5-3-16(42)10-27)43-13-28-4-2-6-41(28)11-15(31)9-28/h7-8,15-16H,2-6,9-13,37H2,1H3,(H2,36,38)/t15?,16-,27-,28?/m0/s1. The molecule has 0 spiro atoms. The SMILES string of the molecule is Cc1cc(N)nc(-c2c(Cl)cc3c(N4C[C@]5(N)CC[C@H]4C5)nc(OCC45CCCN4CC(F)C5)nc3c2F)c1C(F)(F)F. The van der Waals surface area contributed by atoms with E-state index >= 15 is 4.39 Å². The summed E-state index contributed by atoms with van der Waals surface area (Å²) in [6, 6.07) is 2.33. The summed E-state index contributed by atoms with van der Waals surface area (Å²) in [4.78, 5) is 17.0. The third-order valence-electron chi connectivity index (χ3n) is 9.65. The van der Waals surface area contributed by atoms with Crippen LogP contribution in [0.4, 0.5) is 33.6 Å². The zero-order valence-corrected chi connectivity index (χ0v) is 24.2. The van der Waals surface area contributed by atoms with Crippen molar-refractivity contribution >= 4 is 34.1 Å². The molecule has 7 rings (SSSR count). The number of nitrogens with two attached hydrogens (primary N) is 2. The van der Waals surface area contributed by atoms with Crippen LogP contribution in [0.2, 0.25) is 5.02 Å². The summed E-state index contributed by atoms with van der Waals surface area (Å²) < 4.78 is 79.7. The van der Waals surface area contributed by atoms with Crippen molar-refractivity contribution in [2.45, 2.75) is 74.9 Å². The number of fused-ring (bicyclic) bond motifs is 4. The number of ether oxygens (including phenoxy) is 1. The van der Waals surface area contributed by atoms with Gasteiger partial charge in [0, 0.05) is 36.5 Å². The lowest BCUT2D eigenvalue weighted by Gasteiger charge is -2.33. The van der Waals surface area contributed by atoms with E-state index in [1.165, 1.54) is 13.0 Å². The van der Waals surface area contributed by atoms with Crippen LogP contribution < -0.4 is 21.1 Å². The van der Waals surface area contributed by atoms with Crippen molar-refractivity contribution in [2.24, 2.45) is 5.73 Å². The Balaban J connectivity index is 1.39. The topological polar surface area (TPSA) is 106 Å². The molecule has 8 nitrogen and oxygen atoms in total. The summed E-state index contributed by atoms with van der Waals surface area (Å²) in [6.07, 6.45) is -1.51. The number of nitrogen functional groups attached to an aromatic ring is 1. The number of aromatic nitrogens is 3. The van der Waals surface area contributed by atoms with Crippen molar-refractivity contribution < 1.29 is 26.7 Å². The van der Waals surface area contributed by atoms with E-state index in [4.69, 9.17) is 27.8 Å². The number of aryl methyl sites for hydroxylation is 1. The minimum Gasteiger partial charge on any atom is -0.461 e. The lowest BCUT2D eigenvalue weighted by Crippen LogP contribution is -2.45. The molecule has 14 heteroatoms. The number of hydrogen-bond acceptors (Lipinski definition) is 8. The van der Waals surface area contributed by atoms with E-state index in [-0.39, 0.29) is 46.0 Å². The Morgan fingerprint density at radius 1 is 1.16 bits per heavy atom. The molecule has 43 heavy (non-hydrogen) atoms. The highest BCUT2D eigenvalue weighted by Gasteiger charge is 2.50. The third kappa shape index (κ3) is 4.65. The smallest absolute Gasteiger partial charge is 0.418 e. The Morgan fingerprint density at radius 3 is 2.65 bits per heavy atom. The van der Waals surface area contributed by atoms with E-state index < -0.39 is 46.1 Å². The Morgan fingerprint density at radius 2 is 1.95 bits per heavy atom. The minimum absolute atomic E-state index is 0.0404. The summed E-state index contributed by atoms with van der Waals surface area (Å²) in [6.45, 7) is 2.86. The molecule has 3 saturated heterocycles. The molecule has 5 heterocycles. The van der Waals surface area contributed by atoms with E-state index in [9.17, 15) is 17.6 Å². The lowest BCUT2D eigenvalue weighted by atomic mass is 9.95. The summed E-state index contributed by atoms with van der Waals surface area (Å²) >= 11 is 6.56. The van der Waals surface area contributed by atoms with Crippen molar-refractivity contribution in [1.82, 2.24) is 19.9 Å². The Labute approximate surface area is 249 Å². The third-order valence-corrected chi connectivity index (χ3v) is 9.94. The molecule has 4 atom stereocenters. The number of halogens is 6. The van der Waals surface area contributed by atoms with Crippen molar-refractivity contribution in [3.63, 3.8) is 0 Å². The van der Waals surface area contributed by atoms with Crippen LogP contribution in [-0.2, 0) is 6.18 Å². The fourth-order valence-electron chi connectivity index (χ4n) is 7.80. The highest BCUT2D eigenvalue weighted by atomic mass is 35.5. The molecule has 0 radical (unpaired) electrons. The van der Waals surface area contributed by atoms with E-state index in [1.807, 2.05) is 4.90 Å². The van der Waals surface area contributed by atoms with Crippen molar-refractivity contribution in [3.05, 3.63) is 34.1 Å². The molecule has 4 fully saturated rings. The zero-order valence-electron chi connectivity index (χ0n) is 23.4. The monoisotopic (exact) mass is 623 g/mol. The molecule has 1 saturated carbocycles. The molecule has 230 valence electrons. The normalized spacial score (nSPS) is 28.8. The van der Waals surface area contributed by atoms with Gasteiger partial charge in [-0.15, -0.1) is 0 Å². The van der Waals surface area contributed by atoms with Gasteiger partial charge in [0.1, 0.15) is 29.9 Å². The predicted octanol–water partition coefficient (Wildman–Crippen LogP) is 5.42. The first-order valence-electron chi connectivity index (χ1n) is 14.4. The average molecular weight is 624 g/mol. The van der Waals surface area contributed by atoms with Crippen LogP contribution in [0.5, 0.6) is 6.01 Å². The van der Waals surface area contributed by atoms with Crippen LogP contribution >= 0.6 is 11.6 Å². The van der Waals surface area contributed by atoms with Gasteiger partial charge in [-0.05, 0) is 63.3 Å². The second-order valence-electron chi connectivity index (χ2n) is 12.6. The molecular formula is C29H31ClF5N7O. The average Bonchev–Trinajstić information content (AvgIpc) is 3.64. The summed E-state index contributed by atoms with van der Waals surface area (Å²) in [5.41, 5.74) is 8.53. The Hall–Kier alpha value is -3.03. The Bertz CT molecular complexity index is 1640. The lowest BCUT2D eigenvalue weighted by molar-refractivity contribution is -0.137. The van der Waals surface area contributed by atoms with E-state index in [0.29, 0.717) is 25.3 Å². The highest BCUT2D eigenvalue weighted by molar-refractivity contribution is 6.34. The number of rotatable bonds is 5. The van der Waals surface area contributed by atoms with Gasteiger partial charge in [-0.1, -0.05) is 11.6 Å². The highest BCUT2D eigenvalue weighted by Crippen LogP contribution is 2.47. The van der Waals surface area contributed by atoms with Gasteiger partial charge >= 0.3 is 12.2 Å². The summed E-state index contributed by atoms with van der Waals surface area (Å²) in [7, 11) is 0. The molecule has 4 aliphatic rings. The van der Waals surface area contributed by atoms with Gasteiger partial charge in [-0.3, -0.25) is 4.90 Å². The first-order valence-corrected chi connectivity index (χ1v) is 14.8. The van der Waals surface area contributed by atoms with Gasteiger partial charge in [0.25, 0.3) is 0 Å². The summed E-state index contributed by atoms with van der Waals surface area (Å²) in [5.74, 6) is -0.975. The first kappa shape index (κ1) is 28.7. The summed E-state index contributed by atoms with van der Waals surface area (Å²) in [5, 5.41) is -0.0759. The number of piperidine rings is 1. The van der Waals surface area contributed by atoms with E-state index in [0.717, 1.165) is 44.7 Å². The quantitative estimate of drug-likeness (QED) is 0.363. The van der Waals surface area contributed by atoms with Crippen LogP contribution in [0.25, 0.3) is 22.2 Å². The van der Waals surface area contributed by atoms with Crippen LogP contribution in [0, 0.1) is 12.7 Å². The van der Waals surface area contributed by atoms with Crippen LogP contribution in [0.15, 0.2) is 12.1 Å². The van der Waals surface area contributed by atoms with Crippen LogP contribution in [-0.4, -0.2) is 69.4 Å². The van der Waals surface area contributed by atoms with Crippen molar-refractivity contribution in [1.29, 1.82) is 0 Å². The van der Waals surface area contributed by atoms with Gasteiger partial charge in [0.05, 0.1) is 27.4 Å². The number of nitrogens with zero attached hydrogens (tertiary/aromatic N) is 5. The molecule has 4 N–H and O–H groups in total. The zero-order chi connectivity index (χ0) is 30.5. The molecule has 2 unspecified atom stereocenters. The predicted molar refractivity (Wildman–Crippen MR) is 152 cm³/mol. The van der Waals surface area contributed by atoms with Crippen LogP contribution in [0.1, 0.15) is 49.7 Å². The minimum atomic E-state index is -4.86.